The number of hydrogen-bond acceptors (Lipinski definition) is 4. The number of nitrogens with zero attached hydrogens (tertiary/aromatic N) is 4. The molecule has 0 saturated carbocycles. The minimum absolute atomic E-state index is 0.210. The molecule has 128 valence electrons. The fourth-order valence-electron chi connectivity index (χ4n) is 3.47. The zero-order valence-corrected chi connectivity index (χ0v) is 14.9. The zero-order valence-electron chi connectivity index (χ0n) is 14.9. The maximum atomic E-state index is 12.5. The molecular weight excluding hydrogens is 302 g/mol. The molecule has 3 heterocycles. The number of carbonyl (C=O) groups is 1. The van der Waals surface area contributed by atoms with Crippen molar-refractivity contribution in [1.82, 2.24) is 25.1 Å². The molecule has 1 atom stereocenters. The van der Waals surface area contributed by atoms with Crippen LogP contribution in [0.4, 0.5) is 0 Å². The first-order valence-corrected chi connectivity index (χ1v) is 8.54. The summed E-state index contributed by atoms with van der Waals surface area (Å²) in [7, 11) is 0. The monoisotopic (exact) mass is 327 g/mol. The van der Waals surface area contributed by atoms with E-state index in [0.717, 1.165) is 60.1 Å². The van der Waals surface area contributed by atoms with Gasteiger partial charge in [0.15, 0.2) is 0 Å². The molecule has 1 fully saturated rings. The van der Waals surface area contributed by atoms with Crippen molar-refractivity contribution < 1.29 is 4.79 Å². The lowest BCUT2D eigenvalue weighted by Gasteiger charge is -2.16. The van der Waals surface area contributed by atoms with Crippen molar-refractivity contribution in [3.8, 4) is 0 Å². The number of aryl methyl sites for hydroxylation is 4. The SMILES string of the molecule is Cc1cc(C)nc([C@H]2CCN(C(=O)CCc3c(C)n[nH]c3C)C2)n1. The van der Waals surface area contributed by atoms with Crippen LogP contribution in [0.1, 0.15) is 52.9 Å². The number of likely N-dealkylation sites (tertiary alicyclic amines) is 1. The molecule has 2 aromatic heterocycles. The van der Waals surface area contributed by atoms with Crippen molar-refractivity contribution in [2.75, 3.05) is 13.1 Å². The minimum Gasteiger partial charge on any atom is -0.342 e. The van der Waals surface area contributed by atoms with Gasteiger partial charge in [0.2, 0.25) is 5.91 Å². The standard InChI is InChI=1S/C18H25N5O/c1-11-9-12(2)20-18(19-11)15-7-8-23(10-15)17(24)6-5-16-13(3)21-22-14(16)4/h9,15H,5-8,10H2,1-4H3,(H,21,22)/t15-/m0/s1. The first kappa shape index (κ1) is 16.6. The Morgan fingerprint density at radius 2 is 1.96 bits per heavy atom. The molecule has 6 nitrogen and oxygen atoms in total. The molecule has 1 amide bonds. The summed E-state index contributed by atoms with van der Waals surface area (Å²) in [5, 5.41) is 7.17. The summed E-state index contributed by atoms with van der Waals surface area (Å²) in [6.07, 6.45) is 2.22. The Morgan fingerprint density at radius 1 is 1.25 bits per heavy atom. The maximum absolute atomic E-state index is 12.5. The van der Waals surface area contributed by atoms with Crippen LogP contribution >= 0.6 is 0 Å². The Hall–Kier alpha value is -2.24. The van der Waals surface area contributed by atoms with Gasteiger partial charge < -0.3 is 4.90 Å². The van der Waals surface area contributed by atoms with Gasteiger partial charge in [-0.05, 0) is 52.2 Å². The first-order chi connectivity index (χ1) is 11.4. The van der Waals surface area contributed by atoms with Gasteiger partial charge in [-0.2, -0.15) is 5.10 Å². The van der Waals surface area contributed by atoms with Crippen molar-refractivity contribution in [2.45, 2.75) is 52.9 Å². The molecule has 0 radical (unpaired) electrons. The van der Waals surface area contributed by atoms with E-state index in [1.807, 2.05) is 38.7 Å². The highest BCUT2D eigenvalue weighted by atomic mass is 16.2. The molecule has 1 aliphatic heterocycles. The van der Waals surface area contributed by atoms with Crippen LogP contribution in [0.3, 0.4) is 0 Å². The normalized spacial score (nSPS) is 17.5. The highest BCUT2D eigenvalue weighted by Crippen LogP contribution is 2.26. The van der Waals surface area contributed by atoms with E-state index < -0.39 is 0 Å². The summed E-state index contributed by atoms with van der Waals surface area (Å²) in [6, 6.07) is 1.98. The van der Waals surface area contributed by atoms with Gasteiger partial charge in [0.1, 0.15) is 5.82 Å². The lowest BCUT2D eigenvalue weighted by atomic mass is 10.1. The van der Waals surface area contributed by atoms with Gasteiger partial charge in [-0.25, -0.2) is 9.97 Å². The maximum Gasteiger partial charge on any atom is 0.222 e. The van der Waals surface area contributed by atoms with Crippen LogP contribution in [0.2, 0.25) is 0 Å². The molecule has 0 unspecified atom stereocenters. The van der Waals surface area contributed by atoms with Crippen LogP contribution in [0.25, 0.3) is 0 Å². The van der Waals surface area contributed by atoms with Gasteiger partial charge in [-0.15, -0.1) is 0 Å². The highest BCUT2D eigenvalue weighted by molar-refractivity contribution is 5.77. The van der Waals surface area contributed by atoms with Crippen molar-refractivity contribution >= 4 is 5.91 Å². The van der Waals surface area contributed by atoms with Crippen LogP contribution < -0.4 is 0 Å². The minimum atomic E-state index is 0.210. The summed E-state index contributed by atoms with van der Waals surface area (Å²) in [5.41, 5.74) is 5.20. The molecule has 0 bridgehead atoms. The van der Waals surface area contributed by atoms with Gasteiger partial charge in [0, 0.05) is 42.5 Å². The second-order valence-corrected chi connectivity index (χ2v) is 6.75. The summed E-state index contributed by atoms with van der Waals surface area (Å²) in [6.45, 7) is 9.49. The number of aromatic nitrogens is 4. The van der Waals surface area contributed by atoms with Gasteiger partial charge >= 0.3 is 0 Å². The predicted molar refractivity (Wildman–Crippen MR) is 91.8 cm³/mol. The smallest absolute Gasteiger partial charge is 0.222 e. The second kappa shape index (κ2) is 6.71. The number of H-pyrrole nitrogens is 1. The third kappa shape index (κ3) is 3.47. The lowest BCUT2D eigenvalue weighted by Crippen LogP contribution is -2.29. The van der Waals surface area contributed by atoms with E-state index in [1.165, 1.54) is 0 Å². The molecule has 1 N–H and O–H groups in total. The molecule has 0 spiro atoms. The van der Waals surface area contributed by atoms with Gasteiger partial charge in [0.25, 0.3) is 0 Å². The second-order valence-electron chi connectivity index (χ2n) is 6.75. The van der Waals surface area contributed by atoms with E-state index in [-0.39, 0.29) is 11.8 Å². The molecule has 6 heteroatoms. The average Bonchev–Trinajstić information content (AvgIpc) is 3.12. The van der Waals surface area contributed by atoms with Crippen molar-refractivity contribution in [3.63, 3.8) is 0 Å². The number of aromatic amines is 1. The number of amides is 1. The van der Waals surface area contributed by atoms with E-state index in [0.29, 0.717) is 6.42 Å². The van der Waals surface area contributed by atoms with Crippen LogP contribution in [-0.2, 0) is 11.2 Å². The summed E-state index contributed by atoms with van der Waals surface area (Å²) < 4.78 is 0. The molecule has 24 heavy (non-hydrogen) atoms. The van der Waals surface area contributed by atoms with Crippen LogP contribution in [0.15, 0.2) is 6.07 Å². The van der Waals surface area contributed by atoms with E-state index in [4.69, 9.17) is 0 Å². The quantitative estimate of drug-likeness (QED) is 0.935. The van der Waals surface area contributed by atoms with E-state index >= 15 is 0 Å². The first-order valence-electron chi connectivity index (χ1n) is 8.54. The van der Waals surface area contributed by atoms with Crippen molar-refractivity contribution in [1.29, 1.82) is 0 Å². The third-order valence-electron chi connectivity index (χ3n) is 4.78. The van der Waals surface area contributed by atoms with Crippen molar-refractivity contribution in [2.24, 2.45) is 0 Å². The molecule has 1 saturated heterocycles. The van der Waals surface area contributed by atoms with Crippen molar-refractivity contribution in [3.05, 3.63) is 40.2 Å². The highest BCUT2D eigenvalue weighted by Gasteiger charge is 2.29. The number of rotatable bonds is 4. The Labute approximate surface area is 142 Å². The van der Waals surface area contributed by atoms with Crippen LogP contribution in [0, 0.1) is 27.7 Å². The average molecular weight is 327 g/mol. The summed E-state index contributed by atoms with van der Waals surface area (Å²) >= 11 is 0. The molecule has 1 aliphatic rings. The Morgan fingerprint density at radius 3 is 2.58 bits per heavy atom. The Balaban J connectivity index is 1.60. The number of hydrogen-bond donors (Lipinski definition) is 1. The summed E-state index contributed by atoms with van der Waals surface area (Å²) in [4.78, 5) is 23.6. The molecular formula is C18H25N5O. The van der Waals surface area contributed by atoms with E-state index in [2.05, 4.69) is 20.2 Å². The van der Waals surface area contributed by atoms with E-state index in [1.54, 1.807) is 0 Å². The number of carbonyl (C=O) groups excluding carboxylic acids is 1. The topological polar surface area (TPSA) is 74.8 Å². The molecule has 3 rings (SSSR count). The van der Waals surface area contributed by atoms with Gasteiger partial charge in [-0.1, -0.05) is 0 Å². The van der Waals surface area contributed by atoms with E-state index in [9.17, 15) is 4.79 Å². The molecule has 0 aromatic carbocycles. The number of nitrogens with one attached hydrogen (secondary N) is 1. The lowest BCUT2D eigenvalue weighted by molar-refractivity contribution is -0.130. The molecule has 0 aliphatic carbocycles. The Kier molecular flexibility index (Phi) is 4.64. The third-order valence-corrected chi connectivity index (χ3v) is 4.78. The fraction of sp³-hybridized carbons (Fsp3) is 0.556. The largest absolute Gasteiger partial charge is 0.342 e. The molecule has 2 aromatic rings. The van der Waals surface area contributed by atoms with Gasteiger partial charge in [0.05, 0.1) is 5.69 Å². The zero-order chi connectivity index (χ0) is 17.3. The summed E-state index contributed by atoms with van der Waals surface area (Å²) in [5.74, 6) is 1.34. The van der Waals surface area contributed by atoms with Crippen LogP contribution in [0.5, 0.6) is 0 Å². The van der Waals surface area contributed by atoms with Crippen LogP contribution in [-0.4, -0.2) is 44.1 Å². The Bertz CT molecular complexity index is 712. The fourth-order valence-corrected chi connectivity index (χ4v) is 3.47. The van der Waals surface area contributed by atoms with Gasteiger partial charge in [-0.3, -0.25) is 9.89 Å². The predicted octanol–water partition coefficient (Wildman–Crippen LogP) is 2.38.